The largest absolute Gasteiger partial charge is 0.454 e. The summed E-state index contributed by atoms with van der Waals surface area (Å²) in [5, 5.41) is 5.48. The van der Waals surface area contributed by atoms with Gasteiger partial charge in [0, 0.05) is 30.5 Å². The molecule has 0 atom stereocenters. The summed E-state index contributed by atoms with van der Waals surface area (Å²) in [5.41, 5.74) is 4.10. The third-order valence-corrected chi connectivity index (χ3v) is 8.25. The lowest BCUT2D eigenvalue weighted by molar-refractivity contribution is -0.137. The summed E-state index contributed by atoms with van der Waals surface area (Å²) in [6.07, 6.45) is 0.303. The molecule has 48 heavy (non-hydrogen) atoms. The van der Waals surface area contributed by atoms with E-state index in [-0.39, 0.29) is 40.5 Å². The summed E-state index contributed by atoms with van der Waals surface area (Å²) in [4.78, 5) is 39.3. The average Bonchev–Trinajstić information content (AvgIpc) is 3.39. The highest BCUT2D eigenvalue weighted by Crippen LogP contribution is 2.35. The van der Waals surface area contributed by atoms with Crippen molar-refractivity contribution in [3.05, 3.63) is 77.4 Å². The molecule has 256 valence electrons. The number of rotatable bonds is 9. The van der Waals surface area contributed by atoms with Gasteiger partial charge in [0.05, 0.1) is 27.9 Å². The Labute approximate surface area is 277 Å². The highest BCUT2D eigenvalue weighted by molar-refractivity contribution is 7.22. The van der Waals surface area contributed by atoms with E-state index in [1.807, 2.05) is 13.8 Å². The number of ether oxygens (including phenoxy) is 1. The van der Waals surface area contributed by atoms with Gasteiger partial charge in [-0.2, -0.15) is 13.2 Å². The molecule has 1 aliphatic rings. The lowest BCUT2D eigenvalue weighted by atomic mass is 9.89. The molecule has 8 nitrogen and oxygen atoms in total. The predicted molar refractivity (Wildman–Crippen MR) is 174 cm³/mol. The molecule has 4 N–H and O–H groups in total. The van der Waals surface area contributed by atoms with Gasteiger partial charge in [0.1, 0.15) is 11.6 Å². The minimum atomic E-state index is -4.56. The molecule has 14 heteroatoms. The summed E-state index contributed by atoms with van der Waals surface area (Å²) in [7, 11) is 0. The van der Waals surface area contributed by atoms with Crippen LogP contribution in [-0.2, 0) is 27.0 Å². The number of halogens is 5. The molecule has 0 unspecified atom stereocenters. The first-order valence-corrected chi connectivity index (χ1v) is 16.1. The van der Waals surface area contributed by atoms with E-state index in [1.54, 1.807) is 0 Å². The van der Waals surface area contributed by atoms with Gasteiger partial charge in [0.15, 0.2) is 16.7 Å². The number of nitrogens with one attached hydrogen (secondary N) is 2. The molecular weight excluding hydrogens is 655 g/mol. The number of carbonyl (C=O) groups is 3. The topological polar surface area (TPSA) is 123 Å². The van der Waals surface area contributed by atoms with E-state index in [4.69, 9.17) is 10.5 Å². The van der Waals surface area contributed by atoms with Crippen LogP contribution in [0.5, 0.6) is 11.5 Å². The summed E-state index contributed by atoms with van der Waals surface area (Å²) in [6, 6.07) is 10.2. The standard InChI is InChI=1S/C29H24F5N3O3S.C5H11NO/c30-20-10-9-19(13-22(20)35-26(38)12-16-5-4-8-18(11-16)29(32,33)34)40-24-15-25-23(14-21(24)31)36-28(41-25)37-27(39)17-6-2-1-3-7-17;1-4(2)3-5(6)7/h4-5,8-11,13-15,17H,1-3,6-7,12H2,(H,35,38)(H,36,37,39);4H,3H2,1-2H3,(H2,6,7). The fourth-order valence-electron chi connectivity index (χ4n) is 5.06. The van der Waals surface area contributed by atoms with Crippen molar-refractivity contribution < 1.29 is 41.1 Å². The number of nitrogens with zero attached hydrogens (tertiary/aromatic N) is 1. The van der Waals surface area contributed by atoms with Crippen LogP contribution < -0.4 is 21.1 Å². The van der Waals surface area contributed by atoms with Gasteiger partial charge in [-0.25, -0.2) is 13.8 Å². The van der Waals surface area contributed by atoms with Crippen LogP contribution in [0.3, 0.4) is 0 Å². The minimum absolute atomic E-state index is 0.00867. The summed E-state index contributed by atoms with van der Waals surface area (Å²) in [6.45, 7) is 3.93. The Kier molecular flexibility index (Phi) is 12.1. The van der Waals surface area contributed by atoms with Gasteiger partial charge in [-0.3, -0.25) is 14.4 Å². The maximum Gasteiger partial charge on any atom is 0.416 e. The van der Waals surface area contributed by atoms with Gasteiger partial charge in [-0.05, 0) is 42.5 Å². The third kappa shape index (κ3) is 10.5. The van der Waals surface area contributed by atoms with Crippen LogP contribution in [0.1, 0.15) is 63.5 Å². The molecule has 5 rings (SSSR count). The molecule has 1 fully saturated rings. The van der Waals surface area contributed by atoms with Crippen LogP contribution in [0.25, 0.3) is 10.2 Å². The van der Waals surface area contributed by atoms with E-state index < -0.39 is 35.7 Å². The Hall–Kier alpha value is -4.59. The Balaban J connectivity index is 0.000000671. The number of primary amides is 1. The van der Waals surface area contributed by atoms with Crippen LogP contribution in [0, 0.1) is 23.5 Å². The fourth-order valence-corrected chi connectivity index (χ4v) is 5.94. The predicted octanol–water partition coefficient (Wildman–Crippen LogP) is 8.60. The van der Waals surface area contributed by atoms with Gasteiger partial charge < -0.3 is 21.1 Å². The number of thiazole rings is 1. The Bertz CT molecular complexity index is 1770. The van der Waals surface area contributed by atoms with Gasteiger partial charge in [-0.15, -0.1) is 0 Å². The third-order valence-electron chi connectivity index (χ3n) is 7.32. The number of benzene rings is 3. The summed E-state index contributed by atoms with van der Waals surface area (Å²) < 4.78 is 74.3. The van der Waals surface area contributed by atoms with Crippen LogP contribution in [0.15, 0.2) is 54.6 Å². The maximum atomic E-state index is 14.8. The molecule has 4 aromatic rings. The van der Waals surface area contributed by atoms with Crippen LogP contribution in [0.2, 0.25) is 0 Å². The van der Waals surface area contributed by atoms with E-state index >= 15 is 0 Å². The second kappa shape index (κ2) is 16.0. The Morgan fingerprint density at radius 3 is 2.35 bits per heavy atom. The molecule has 1 heterocycles. The fraction of sp³-hybridized carbons (Fsp3) is 0.353. The summed E-state index contributed by atoms with van der Waals surface area (Å²) >= 11 is 1.16. The van der Waals surface area contributed by atoms with Crippen molar-refractivity contribution in [2.75, 3.05) is 10.6 Å². The molecule has 3 amide bonds. The highest BCUT2D eigenvalue weighted by Gasteiger charge is 2.30. The van der Waals surface area contributed by atoms with Gasteiger partial charge in [0.25, 0.3) is 0 Å². The number of aromatic nitrogens is 1. The first-order valence-electron chi connectivity index (χ1n) is 15.3. The number of alkyl halides is 3. The van der Waals surface area contributed by atoms with E-state index in [2.05, 4.69) is 15.6 Å². The van der Waals surface area contributed by atoms with Gasteiger partial charge >= 0.3 is 6.18 Å². The van der Waals surface area contributed by atoms with Crippen molar-refractivity contribution in [1.82, 2.24) is 4.98 Å². The Morgan fingerprint density at radius 1 is 0.979 bits per heavy atom. The van der Waals surface area contributed by atoms with Crippen molar-refractivity contribution >= 4 is 50.1 Å². The zero-order valence-corrected chi connectivity index (χ0v) is 27.1. The number of hydrogen-bond acceptors (Lipinski definition) is 6. The van der Waals surface area contributed by atoms with Crippen molar-refractivity contribution in [2.24, 2.45) is 17.6 Å². The first-order chi connectivity index (χ1) is 22.7. The average molecular weight is 691 g/mol. The number of hydrogen-bond donors (Lipinski definition) is 3. The number of fused-ring (bicyclic) bond motifs is 1. The van der Waals surface area contributed by atoms with E-state index in [0.29, 0.717) is 27.7 Å². The molecule has 0 aliphatic heterocycles. The molecule has 0 radical (unpaired) electrons. The molecule has 0 spiro atoms. The van der Waals surface area contributed by atoms with Crippen LogP contribution in [-0.4, -0.2) is 22.7 Å². The minimum Gasteiger partial charge on any atom is -0.454 e. The maximum absolute atomic E-state index is 14.8. The number of carbonyl (C=O) groups excluding carboxylic acids is 3. The zero-order chi connectivity index (χ0) is 35.0. The monoisotopic (exact) mass is 690 g/mol. The van der Waals surface area contributed by atoms with Crippen molar-refractivity contribution in [3.63, 3.8) is 0 Å². The zero-order valence-electron chi connectivity index (χ0n) is 26.3. The lowest BCUT2D eigenvalue weighted by Crippen LogP contribution is -2.24. The van der Waals surface area contributed by atoms with Crippen LogP contribution in [0.4, 0.5) is 32.8 Å². The lowest BCUT2D eigenvalue weighted by Gasteiger charge is -2.19. The highest BCUT2D eigenvalue weighted by atomic mass is 32.1. The van der Waals surface area contributed by atoms with Gasteiger partial charge in [-0.1, -0.05) is 62.6 Å². The van der Waals surface area contributed by atoms with Crippen LogP contribution >= 0.6 is 11.3 Å². The number of nitrogens with two attached hydrogens (primary N) is 1. The first kappa shape index (κ1) is 36.2. The van der Waals surface area contributed by atoms with Crippen molar-refractivity contribution in [2.45, 2.75) is 65.0 Å². The van der Waals surface area contributed by atoms with E-state index in [0.717, 1.165) is 67.7 Å². The number of amides is 3. The Morgan fingerprint density at radius 2 is 1.71 bits per heavy atom. The normalized spacial score (nSPS) is 13.5. The second-order valence-corrected chi connectivity index (χ2v) is 12.9. The molecule has 1 aliphatic carbocycles. The molecule has 3 aromatic carbocycles. The quantitative estimate of drug-likeness (QED) is 0.152. The van der Waals surface area contributed by atoms with Crippen molar-refractivity contribution in [3.8, 4) is 11.5 Å². The molecule has 1 saturated carbocycles. The smallest absolute Gasteiger partial charge is 0.416 e. The van der Waals surface area contributed by atoms with E-state index in [9.17, 15) is 36.3 Å². The van der Waals surface area contributed by atoms with Crippen molar-refractivity contribution in [1.29, 1.82) is 0 Å². The molecular formula is C34H35F5N4O4S. The molecule has 1 aromatic heterocycles. The second-order valence-electron chi connectivity index (χ2n) is 11.8. The van der Waals surface area contributed by atoms with E-state index in [1.165, 1.54) is 30.3 Å². The van der Waals surface area contributed by atoms with Gasteiger partial charge in [0.2, 0.25) is 17.7 Å². The SMILES string of the molecule is CC(C)CC(N)=O.O=C(Cc1cccc(C(F)(F)F)c1)Nc1cc(Oc2cc3sc(NC(=O)C4CCCCC4)nc3cc2F)ccc1F. The molecule has 0 bridgehead atoms. The summed E-state index contributed by atoms with van der Waals surface area (Å²) in [5.74, 6) is -2.46. The number of anilines is 2. The molecule has 0 saturated heterocycles.